The first-order valence-corrected chi connectivity index (χ1v) is 6.09. The Bertz CT molecular complexity index is 337. The van der Waals surface area contributed by atoms with Gasteiger partial charge in [-0.25, -0.2) is 4.39 Å². The summed E-state index contributed by atoms with van der Waals surface area (Å²) < 4.78 is 13.8. The molecule has 90 valence electrons. The summed E-state index contributed by atoms with van der Waals surface area (Å²) in [5.74, 6) is -0.168. The van der Waals surface area contributed by atoms with Crippen molar-refractivity contribution in [2.24, 2.45) is 17.6 Å². The van der Waals surface area contributed by atoms with Gasteiger partial charge < -0.3 is 10.8 Å². The Morgan fingerprint density at radius 2 is 2.00 bits per heavy atom. The lowest BCUT2D eigenvalue weighted by Gasteiger charge is -2.25. The van der Waals surface area contributed by atoms with Gasteiger partial charge in [-0.3, -0.25) is 0 Å². The first-order chi connectivity index (χ1) is 7.45. The molecule has 1 aromatic carbocycles. The summed E-state index contributed by atoms with van der Waals surface area (Å²) in [4.78, 5) is 0. The molecule has 0 aliphatic rings. The van der Waals surface area contributed by atoms with Crippen LogP contribution in [0.15, 0.2) is 22.7 Å². The van der Waals surface area contributed by atoms with Gasteiger partial charge in [0.05, 0.1) is 6.10 Å². The van der Waals surface area contributed by atoms with Crippen LogP contribution in [0.1, 0.15) is 25.5 Å². The summed E-state index contributed by atoms with van der Waals surface area (Å²) in [6.45, 7) is 4.37. The fourth-order valence-electron chi connectivity index (χ4n) is 1.76. The van der Waals surface area contributed by atoms with Crippen molar-refractivity contribution in [3.8, 4) is 0 Å². The second kappa shape index (κ2) is 5.75. The van der Waals surface area contributed by atoms with Gasteiger partial charge >= 0.3 is 0 Å². The van der Waals surface area contributed by atoms with Crippen molar-refractivity contribution in [1.29, 1.82) is 0 Å². The maximum absolute atomic E-state index is 13.2. The van der Waals surface area contributed by atoms with Crippen LogP contribution in [0.25, 0.3) is 0 Å². The van der Waals surface area contributed by atoms with Crippen LogP contribution in [0.5, 0.6) is 0 Å². The number of halogens is 2. The normalized spacial score (nSPS) is 15.2. The first kappa shape index (κ1) is 13.6. The van der Waals surface area contributed by atoms with Crippen LogP contribution in [0.3, 0.4) is 0 Å². The van der Waals surface area contributed by atoms with Gasteiger partial charge in [-0.2, -0.15) is 0 Å². The van der Waals surface area contributed by atoms with Gasteiger partial charge in [-0.1, -0.05) is 29.8 Å². The molecular formula is C12H17BrFNO. The number of aliphatic hydroxyl groups is 1. The highest BCUT2D eigenvalue weighted by Gasteiger charge is 2.23. The Morgan fingerprint density at radius 1 is 1.38 bits per heavy atom. The lowest BCUT2D eigenvalue weighted by atomic mass is 9.86. The molecule has 16 heavy (non-hydrogen) atoms. The molecule has 0 heterocycles. The van der Waals surface area contributed by atoms with E-state index in [9.17, 15) is 9.50 Å². The summed E-state index contributed by atoms with van der Waals surface area (Å²) in [6.07, 6.45) is -0.725. The van der Waals surface area contributed by atoms with E-state index in [-0.39, 0.29) is 17.7 Å². The summed E-state index contributed by atoms with van der Waals surface area (Å²) in [7, 11) is 0. The summed E-state index contributed by atoms with van der Waals surface area (Å²) in [5, 5.41) is 10.1. The fourth-order valence-corrected chi connectivity index (χ4v) is 2.24. The SMILES string of the molecule is CC(C)C(CN)C(O)c1cc(F)cc(Br)c1. The number of benzene rings is 1. The average molecular weight is 290 g/mol. The van der Waals surface area contributed by atoms with E-state index >= 15 is 0 Å². The van der Waals surface area contributed by atoms with Crippen molar-refractivity contribution in [3.63, 3.8) is 0 Å². The molecule has 0 amide bonds. The zero-order valence-corrected chi connectivity index (χ0v) is 11.0. The Balaban J connectivity index is 2.98. The van der Waals surface area contributed by atoms with E-state index < -0.39 is 6.10 Å². The molecular weight excluding hydrogens is 273 g/mol. The van der Waals surface area contributed by atoms with E-state index in [1.807, 2.05) is 13.8 Å². The van der Waals surface area contributed by atoms with Crippen LogP contribution in [-0.2, 0) is 0 Å². The monoisotopic (exact) mass is 289 g/mol. The molecule has 3 N–H and O–H groups in total. The number of hydrogen-bond acceptors (Lipinski definition) is 2. The highest BCUT2D eigenvalue weighted by molar-refractivity contribution is 9.10. The molecule has 0 aliphatic carbocycles. The van der Waals surface area contributed by atoms with Crippen LogP contribution in [0, 0.1) is 17.7 Å². The predicted molar refractivity (Wildman–Crippen MR) is 66.4 cm³/mol. The molecule has 1 aromatic rings. The molecule has 0 aromatic heterocycles. The van der Waals surface area contributed by atoms with Crippen molar-refractivity contribution in [1.82, 2.24) is 0 Å². The number of aliphatic hydroxyl groups excluding tert-OH is 1. The lowest BCUT2D eigenvalue weighted by molar-refractivity contribution is 0.0857. The van der Waals surface area contributed by atoms with Crippen molar-refractivity contribution in [2.45, 2.75) is 20.0 Å². The smallest absolute Gasteiger partial charge is 0.124 e. The first-order valence-electron chi connectivity index (χ1n) is 5.29. The van der Waals surface area contributed by atoms with E-state index in [4.69, 9.17) is 5.73 Å². The molecule has 1 rings (SSSR count). The lowest BCUT2D eigenvalue weighted by Crippen LogP contribution is -2.26. The van der Waals surface area contributed by atoms with Crippen molar-refractivity contribution < 1.29 is 9.50 Å². The van der Waals surface area contributed by atoms with Gasteiger partial charge in [0, 0.05) is 10.4 Å². The zero-order valence-electron chi connectivity index (χ0n) is 9.45. The molecule has 0 fully saturated rings. The van der Waals surface area contributed by atoms with E-state index in [0.717, 1.165) is 0 Å². The molecule has 0 saturated heterocycles. The standard InChI is InChI=1S/C12H17BrFNO/c1-7(2)11(6-15)12(16)8-3-9(13)5-10(14)4-8/h3-5,7,11-12,16H,6,15H2,1-2H3. The molecule has 0 saturated carbocycles. The molecule has 0 aliphatic heterocycles. The number of hydrogen-bond donors (Lipinski definition) is 2. The third kappa shape index (κ3) is 3.27. The van der Waals surface area contributed by atoms with Gasteiger partial charge in [0.25, 0.3) is 0 Å². The van der Waals surface area contributed by atoms with Crippen LogP contribution in [-0.4, -0.2) is 11.7 Å². The Hall–Kier alpha value is -0.450. The number of nitrogens with two attached hydrogens (primary N) is 1. The molecule has 4 heteroatoms. The van der Waals surface area contributed by atoms with Gasteiger partial charge in [0.2, 0.25) is 0 Å². The Kier molecular flexibility index (Phi) is 4.89. The average Bonchev–Trinajstić information content (AvgIpc) is 2.16. The summed E-state index contributed by atoms with van der Waals surface area (Å²) >= 11 is 3.21. The minimum atomic E-state index is -0.725. The third-order valence-corrected chi connectivity index (χ3v) is 3.22. The number of rotatable bonds is 4. The fraction of sp³-hybridized carbons (Fsp3) is 0.500. The Labute approximate surface area is 104 Å². The summed E-state index contributed by atoms with van der Waals surface area (Å²) in [5.41, 5.74) is 6.19. The Morgan fingerprint density at radius 3 is 2.44 bits per heavy atom. The van der Waals surface area contributed by atoms with Gasteiger partial charge in [0.1, 0.15) is 5.82 Å². The van der Waals surface area contributed by atoms with E-state index in [2.05, 4.69) is 15.9 Å². The maximum Gasteiger partial charge on any atom is 0.124 e. The van der Waals surface area contributed by atoms with Gasteiger partial charge in [-0.05, 0) is 36.2 Å². The maximum atomic E-state index is 13.2. The molecule has 0 spiro atoms. The van der Waals surface area contributed by atoms with Crippen LogP contribution in [0.4, 0.5) is 4.39 Å². The van der Waals surface area contributed by atoms with Gasteiger partial charge in [-0.15, -0.1) is 0 Å². The molecule has 0 bridgehead atoms. The quantitative estimate of drug-likeness (QED) is 0.895. The third-order valence-electron chi connectivity index (χ3n) is 2.76. The van der Waals surface area contributed by atoms with Crippen LogP contribution >= 0.6 is 15.9 Å². The van der Waals surface area contributed by atoms with E-state index in [1.165, 1.54) is 12.1 Å². The van der Waals surface area contributed by atoms with Crippen molar-refractivity contribution in [2.75, 3.05) is 6.54 Å². The largest absolute Gasteiger partial charge is 0.388 e. The van der Waals surface area contributed by atoms with Crippen LogP contribution < -0.4 is 5.73 Å². The van der Waals surface area contributed by atoms with E-state index in [1.54, 1.807) is 6.07 Å². The van der Waals surface area contributed by atoms with Crippen molar-refractivity contribution >= 4 is 15.9 Å². The topological polar surface area (TPSA) is 46.2 Å². The minimum Gasteiger partial charge on any atom is -0.388 e. The van der Waals surface area contributed by atoms with Crippen LogP contribution in [0.2, 0.25) is 0 Å². The zero-order chi connectivity index (χ0) is 12.3. The second-order valence-electron chi connectivity index (χ2n) is 4.29. The second-order valence-corrected chi connectivity index (χ2v) is 5.21. The molecule has 0 radical (unpaired) electrons. The minimum absolute atomic E-state index is 0.0614. The van der Waals surface area contributed by atoms with E-state index in [0.29, 0.717) is 16.6 Å². The highest BCUT2D eigenvalue weighted by atomic mass is 79.9. The molecule has 2 unspecified atom stereocenters. The van der Waals surface area contributed by atoms with Gasteiger partial charge in [0.15, 0.2) is 0 Å². The van der Waals surface area contributed by atoms with Crippen molar-refractivity contribution in [3.05, 3.63) is 34.1 Å². The summed E-state index contributed by atoms with van der Waals surface area (Å²) in [6, 6.07) is 4.43. The predicted octanol–water partition coefficient (Wildman–Crippen LogP) is 2.85. The molecule has 2 atom stereocenters. The highest BCUT2D eigenvalue weighted by Crippen LogP contribution is 2.29. The molecule has 2 nitrogen and oxygen atoms in total.